The van der Waals surface area contributed by atoms with Crippen LogP contribution in [0.2, 0.25) is 0 Å². The fourth-order valence-corrected chi connectivity index (χ4v) is 0.665. The zero-order valence-corrected chi connectivity index (χ0v) is 7.32. The van der Waals surface area contributed by atoms with Crippen LogP contribution in [0.3, 0.4) is 0 Å². The standard InChI is InChI=1S/C7H14O2S/c1-3-7(2,10)5-4-6(8)9/h10H,3-5H2,1-2H3,(H,8,9). The largest absolute Gasteiger partial charge is 0.481 e. The normalized spacial score (nSPS) is 16.3. The SMILES string of the molecule is CCC(C)(S)CCC(=O)O. The molecule has 3 heteroatoms. The Bertz CT molecular complexity index is 121. The van der Waals surface area contributed by atoms with Crippen molar-refractivity contribution in [1.82, 2.24) is 0 Å². The first-order valence-electron chi connectivity index (χ1n) is 3.42. The summed E-state index contributed by atoms with van der Waals surface area (Å²) in [5.74, 6) is -0.742. The van der Waals surface area contributed by atoms with Gasteiger partial charge in [-0.15, -0.1) is 0 Å². The first-order chi connectivity index (χ1) is 4.48. The molecule has 0 heterocycles. The molecule has 0 amide bonds. The van der Waals surface area contributed by atoms with Crippen molar-refractivity contribution in [2.24, 2.45) is 0 Å². The molecule has 0 aliphatic rings. The van der Waals surface area contributed by atoms with Crippen LogP contribution in [0.4, 0.5) is 0 Å². The second-order valence-electron chi connectivity index (χ2n) is 2.74. The summed E-state index contributed by atoms with van der Waals surface area (Å²) in [6.07, 6.45) is 1.76. The van der Waals surface area contributed by atoms with Gasteiger partial charge >= 0.3 is 5.97 Å². The van der Waals surface area contributed by atoms with Crippen LogP contribution in [0, 0.1) is 0 Å². The average molecular weight is 162 g/mol. The summed E-state index contributed by atoms with van der Waals surface area (Å²) in [4.78, 5) is 10.1. The van der Waals surface area contributed by atoms with Gasteiger partial charge in [-0.2, -0.15) is 12.6 Å². The number of rotatable bonds is 4. The summed E-state index contributed by atoms with van der Waals surface area (Å²) in [5.41, 5.74) is 0. The van der Waals surface area contributed by atoms with E-state index in [1.807, 2.05) is 13.8 Å². The van der Waals surface area contributed by atoms with E-state index in [4.69, 9.17) is 5.11 Å². The molecule has 0 fully saturated rings. The Kier molecular flexibility index (Phi) is 3.79. The third kappa shape index (κ3) is 4.68. The van der Waals surface area contributed by atoms with E-state index >= 15 is 0 Å². The van der Waals surface area contributed by atoms with Crippen molar-refractivity contribution in [2.45, 2.75) is 37.9 Å². The number of carboxylic acid groups (broad SMARTS) is 1. The third-order valence-electron chi connectivity index (χ3n) is 1.64. The van der Waals surface area contributed by atoms with E-state index in [2.05, 4.69) is 12.6 Å². The first-order valence-corrected chi connectivity index (χ1v) is 3.87. The number of thiol groups is 1. The number of hydrogen-bond acceptors (Lipinski definition) is 2. The van der Waals surface area contributed by atoms with Gasteiger partial charge in [0.25, 0.3) is 0 Å². The highest BCUT2D eigenvalue weighted by atomic mass is 32.1. The molecule has 0 rings (SSSR count). The van der Waals surface area contributed by atoms with Gasteiger partial charge in [0, 0.05) is 11.2 Å². The molecule has 10 heavy (non-hydrogen) atoms. The van der Waals surface area contributed by atoms with E-state index in [9.17, 15) is 4.79 Å². The van der Waals surface area contributed by atoms with Crippen molar-refractivity contribution in [3.05, 3.63) is 0 Å². The summed E-state index contributed by atoms with van der Waals surface area (Å²) < 4.78 is -0.113. The van der Waals surface area contributed by atoms with Gasteiger partial charge in [0.1, 0.15) is 0 Å². The van der Waals surface area contributed by atoms with Crippen LogP contribution < -0.4 is 0 Å². The summed E-state index contributed by atoms with van der Waals surface area (Å²) in [5, 5.41) is 8.34. The molecular formula is C7H14O2S. The number of carbonyl (C=O) groups is 1. The minimum Gasteiger partial charge on any atom is -0.481 e. The zero-order valence-electron chi connectivity index (χ0n) is 6.42. The molecule has 1 N–H and O–H groups in total. The molecule has 1 unspecified atom stereocenters. The third-order valence-corrected chi connectivity index (χ3v) is 2.18. The fraction of sp³-hybridized carbons (Fsp3) is 0.857. The molecule has 0 aromatic carbocycles. The van der Waals surface area contributed by atoms with Gasteiger partial charge in [0.2, 0.25) is 0 Å². The fourth-order valence-electron chi connectivity index (χ4n) is 0.553. The van der Waals surface area contributed by atoms with Crippen molar-refractivity contribution < 1.29 is 9.90 Å². The quantitative estimate of drug-likeness (QED) is 0.620. The topological polar surface area (TPSA) is 37.3 Å². The van der Waals surface area contributed by atoms with Crippen molar-refractivity contribution in [3.63, 3.8) is 0 Å². The number of carboxylic acids is 1. The molecular weight excluding hydrogens is 148 g/mol. The maximum absolute atomic E-state index is 10.1. The molecule has 0 aromatic rings. The Morgan fingerprint density at radius 1 is 1.70 bits per heavy atom. The van der Waals surface area contributed by atoms with Crippen LogP contribution in [0.1, 0.15) is 33.1 Å². The number of aliphatic carboxylic acids is 1. The Balaban J connectivity index is 3.56. The zero-order chi connectivity index (χ0) is 8.20. The molecule has 0 saturated carbocycles. The highest BCUT2D eigenvalue weighted by Gasteiger charge is 2.16. The lowest BCUT2D eigenvalue weighted by Crippen LogP contribution is -2.16. The van der Waals surface area contributed by atoms with Gasteiger partial charge in [0.05, 0.1) is 0 Å². The lowest BCUT2D eigenvalue weighted by molar-refractivity contribution is -0.137. The van der Waals surface area contributed by atoms with Gasteiger partial charge in [0.15, 0.2) is 0 Å². The van der Waals surface area contributed by atoms with Crippen LogP contribution in [0.15, 0.2) is 0 Å². The van der Waals surface area contributed by atoms with Gasteiger partial charge in [-0.3, -0.25) is 4.79 Å². The smallest absolute Gasteiger partial charge is 0.303 e. The van der Waals surface area contributed by atoms with Crippen LogP contribution >= 0.6 is 12.6 Å². The molecule has 0 bridgehead atoms. The second kappa shape index (κ2) is 3.86. The monoisotopic (exact) mass is 162 g/mol. The molecule has 0 aliphatic carbocycles. The van der Waals surface area contributed by atoms with Gasteiger partial charge in [-0.1, -0.05) is 13.8 Å². The Labute approximate surface area is 67.0 Å². The van der Waals surface area contributed by atoms with Crippen molar-refractivity contribution >= 4 is 18.6 Å². The van der Waals surface area contributed by atoms with Crippen LogP contribution in [0.25, 0.3) is 0 Å². The summed E-state index contributed by atoms with van der Waals surface area (Å²) >= 11 is 4.30. The first kappa shape index (κ1) is 9.82. The van der Waals surface area contributed by atoms with Gasteiger partial charge in [-0.05, 0) is 12.8 Å². The van der Waals surface area contributed by atoms with E-state index in [0.717, 1.165) is 6.42 Å². The molecule has 60 valence electrons. The summed E-state index contributed by atoms with van der Waals surface area (Å²) in [7, 11) is 0. The Morgan fingerprint density at radius 2 is 2.20 bits per heavy atom. The van der Waals surface area contributed by atoms with E-state index in [0.29, 0.717) is 6.42 Å². The maximum atomic E-state index is 10.1. The predicted octanol–water partition coefficient (Wildman–Crippen LogP) is 1.95. The van der Waals surface area contributed by atoms with Crippen molar-refractivity contribution in [3.8, 4) is 0 Å². The molecule has 0 spiro atoms. The molecule has 0 aromatic heterocycles. The Hall–Kier alpha value is -0.180. The summed E-state index contributed by atoms with van der Waals surface area (Å²) in [6, 6.07) is 0. The van der Waals surface area contributed by atoms with Crippen molar-refractivity contribution in [1.29, 1.82) is 0 Å². The van der Waals surface area contributed by atoms with E-state index in [1.165, 1.54) is 0 Å². The lowest BCUT2D eigenvalue weighted by atomic mass is 10.0. The summed E-state index contributed by atoms with van der Waals surface area (Å²) in [6.45, 7) is 3.97. The molecule has 0 saturated heterocycles. The highest BCUT2D eigenvalue weighted by Crippen LogP contribution is 2.23. The molecule has 0 radical (unpaired) electrons. The van der Waals surface area contributed by atoms with E-state index < -0.39 is 5.97 Å². The van der Waals surface area contributed by atoms with Crippen LogP contribution in [-0.2, 0) is 4.79 Å². The predicted molar refractivity (Wildman–Crippen MR) is 44.6 cm³/mol. The van der Waals surface area contributed by atoms with Crippen LogP contribution in [-0.4, -0.2) is 15.8 Å². The average Bonchev–Trinajstić information content (AvgIpc) is 1.85. The minimum atomic E-state index is -0.742. The highest BCUT2D eigenvalue weighted by molar-refractivity contribution is 7.81. The number of hydrogen-bond donors (Lipinski definition) is 2. The molecule has 0 aliphatic heterocycles. The van der Waals surface area contributed by atoms with Crippen molar-refractivity contribution in [2.75, 3.05) is 0 Å². The Morgan fingerprint density at radius 3 is 2.50 bits per heavy atom. The van der Waals surface area contributed by atoms with Gasteiger partial charge in [-0.25, -0.2) is 0 Å². The van der Waals surface area contributed by atoms with Gasteiger partial charge < -0.3 is 5.11 Å². The molecule has 1 atom stereocenters. The van der Waals surface area contributed by atoms with Crippen LogP contribution in [0.5, 0.6) is 0 Å². The maximum Gasteiger partial charge on any atom is 0.303 e. The van der Waals surface area contributed by atoms with E-state index in [1.54, 1.807) is 0 Å². The lowest BCUT2D eigenvalue weighted by Gasteiger charge is -2.19. The minimum absolute atomic E-state index is 0.113. The molecule has 2 nitrogen and oxygen atoms in total. The second-order valence-corrected chi connectivity index (χ2v) is 3.82. The van der Waals surface area contributed by atoms with E-state index in [-0.39, 0.29) is 11.2 Å².